The molecule has 4 aromatic carbocycles. The summed E-state index contributed by atoms with van der Waals surface area (Å²) in [6, 6.07) is 33.4. The molecule has 3 saturated heterocycles. The molecule has 5 aromatic rings. The van der Waals surface area contributed by atoms with Gasteiger partial charge in [-0.05, 0) is 166 Å². The molecule has 28 heteroatoms. The van der Waals surface area contributed by atoms with Crippen LogP contribution in [0.1, 0.15) is 199 Å². The molecule has 5 N–H and O–H groups in total. The topological polar surface area (TPSA) is 329 Å². The fourth-order valence-corrected chi connectivity index (χ4v) is 14.4. The summed E-state index contributed by atoms with van der Waals surface area (Å²) in [6.07, 6.45) is -0.320. The molecule has 3 aliphatic rings. The Balaban J connectivity index is 0.000000540. The van der Waals surface area contributed by atoms with Gasteiger partial charge >= 0.3 is 53.4 Å². The molecule has 4 heterocycles. The number of sulfonamides is 1. The fraction of sp³-hybridized carbons (Fsp3) is 0.600. The van der Waals surface area contributed by atoms with Gasteiger partial charge in [0.2, 0.25) is 15.8 Å². The van der Waals surface area contributed by atoms with Gasteiger partial charge in [0.1, 0.15) is 41.2 Å². The number of hydrogen-bond acceptors (Lipinski definition) is 22. The summed E-state index contributed by atoms with van der Waals surface area (Å²) in [6.45, 7) is 33.9. The summed E-state index contributed by atoms with van der Waals surface area (Å²) in [4.78, 5) is 70.3. The van der Waals surface area contributed by atoms with Crippen LogP contribution in [0.25, 0.3) is 22.4 Å². The summed E-state index contributed by atoms with van der Waals surface area (Å²) in [5.41, 5.74) is 8.50. The molecule has 1 aromatic heterocycles. The standard InChI is InChI=1S/C30H37FN2O7S.C27H43NO6.C15H29NO4.C12H14O3.CH4.B.Na/c1-20(2)28-27(21-6-4-3-5-7-21)30(41(38,39)32-14-16-40-17-15-32)29(22-8-10-23(31)11-9-22)33(28)13-12-24(34)18-25(35)19-26(36)37;1-19(2)24(25(30)31-17-20-11-9-8-10-12-20)28-14-13-21-15-22(32-18-27(6,7)33-21)16-23(29)34-26(3,4)5;1-14(2,3)20-13(17)9-12-8-11(6-7-16)19-15(4,5)10-18-12;1-9(2)11(13)12(14)15-8-10-6-4-3-5-7-10;;;/h3-11,20,24-25,34-35H,12-19H2,1-2H3,(H,36,37);8-12,19,21-22,24,28H,13-18H2,1-7H3;11-12H,6-10,16H2,1-5H3;3-7,9H,8H2,1-2H3;1H4;;/q;;;;;;+1/p-1/t24-,25-;21-,22-,24?;11-,12-;;;;/m111..../s1. The fourth-order valence-electron chi connectivity index (χ4n) is 12.6. The minimum absolute atomic E-state index is 0. The second kappa shape index (κ2) is 49.1. The summed E-state index contributed by atoms with van der Waals surface area (Å²) in [5, 5.41) is 34.9. The number of hydrogen-bond donors (Lipinski definition) is 4. The van der Waals surface area contributed by atoms with Crippen molar-refractivity contribution in [2.45, 2.75) is 272 Å². The van der Waals surface area contributed by atoms with Crippen LogP contribution in [0.4, 0.5) is 4.39 Å². The molecule has 3 aliphatic heterocycles. The molecule has 3 radical (unpaired) electrons. The van der Waals surface area contributed by atoms with Crippen molar-refractivity contribution in [2.24, 2.45) is 17.6 Å². The zero-order valence-corrected chi connectivity index (χ0v) is 71.8. The van der Waals surface area contributed by atoms with E-state index in [2.05, 4.69) is 5.32 Å². The number of aliphatic hydroxyl groups is 2. The number of rotatable bonds is 30. The predicted octanol–water partition coefficient (Wildman–Crippen LogP) is 8.40. The normalized spacial score (nSPS) is 18.4. The van der Waals surface area contributed by atoms with Crippen LogP contribution < -0.4 is 45.7 Å². The Morgan fingerprint density at radius 1 is 0.673 bits per heavy atom. The minimum Gasteiger partial charge on any atom is -0.550 e. The van der Waals surface area contributed by atoms with E-state index in [1.54, 1.807) is 26.0 Å². The largest absolute Gasteiger partial charge is 1.00 e. The molecular formula is C85H126BFN4NaO20S. The van der Waals surface area contributed by atoms with Gasteiger partial charge in [-0.3, -0.25) is 19.2 Å². The van der Waals surface area contributed by atoms with Crippen molar-refractivity contribution < 1.29 is 129 Å². The van der Waals surface area contributed by atoms with Crippen molar-refractivity contribution in [1.82, 2.24) is 14.2 Å². The number of Topliss-reactive ketones (excluding diaryl/α,β-unsaturated/α-hetero) is 1. The quantitative estimate of drug-likeness (QED) is 0.0145. The molecule has 0 bridgehead atoms. The number of aliphatic carboxylic acids is 1. The molecule has 24 nitrogen and oxygen atoms in total. The first-order chi connectivity index (χ1) is 51.6. The van der Waals surface area contributed by atoms with Crippen molar-refractivity contribution in [3.05, 3.63) is 138 Å². The van der Waals surface area contributed by atoms with E-state index in [1.807, 2.05) is 192 Å². The number of nitrogens with two attached hydrogens (primary N) is 1. The van der Waals surface area contributed by atoms with Crippen molar-refractivity contribution in [3.63, 3.8) is 0 Å². The first kappa shape index (κ1) is 103. The first-order valence-corrected chi connectivity index (χ1v) is 39.6. The molecule has 3 fully saturated rings. The third-order valence-corrected chi connectivity index (χ3v) is 19.5. The Kier molecular flexibility index (Phi) is 44.6. The van der Waals surface area contributed by atoms with E-state index < -0.39 is 75.0 Å². The van der Waals surface area contributed by atoms with E-state index in [-0.39, 0.29) is 188 Å². The summed E-state index contributed by atoms with van der Waals surface area (Å²) in [5.74, 6) is -4.25. The number of carbonyl (C=O) groups is 6. The van der Waals surface area contributed by atoms with Gasteiger partial charge in [0.15, 0.2) is 0 Å². The van der Waals surface area contributed by atoms with E-state index in [9.17, 15) is 56.9 Å². The molecule has 7 atom stereocenters. The molecular weight excluding hydrogens is 1480 g/mol. The number of aliphatic hydroxyl groups excluding tert-OH is 2. The van der Waals surface area contributed by atoms with Crippen LogP contribution in [0.2, 0.25) is 0 Å². The maximum absolute atomic E-state index is 14.5. The molecule has 0 amide bonds. The number of ether oxygens (including phenoxy) is 9. The maximum atomic E-state index is 14.5. The molecule has 8 rings (SSSR count). The summed E-state index contributed by atoms with van der Waals surface area (Å²) in [7, 11) is -4.07. The molecule has 0 aliphatic carbocycles. The molecule has 0 spiro atoms. The number of benzene rings is 4. The van der Waals surface area contributed by atoms with E-state index in [4.69, 9.17) is 48.4 Å². The zero-order chi connectivity index (χ0) is 81.7. The molecule has 1 unspecified atom stereocenters. The average Bonchev–Trinajstić information content (AvgIpc) is 1.57. The Morgan fingerprint density at radius 3 is 1.58 bits per heavy atom. The maximum Gasteiger partial charge on any atom is 1.00 e. The smallest absolute Gasteiger partial charge is 0.550 e. The summed E-state index contributed by atoms with van der Waals surface area (Å²) >= 11 is 0. The van der Waals surface area contributed by atoms with Crippen molar-refractivity contribution in [3.8, 4) is 22.4 Å². The number of ketones is 1. The second-order valence-electron chi connectivity index (χ2n) is 32.2. The number of nitrogens with zero attached hydrogens (tertiary/aromatic N) is 2. The average molecular weight is 1610 g/mol. The van der Waals surface area contributed by atoms with Gasteiger partial charge in [-0.1, -0.05) is 140 Å². The van der Waals surface area contributed by atoms with Crippen molar-refractivity contribution >= 4 is 54.1 Å². The number of carboxylic acid groups (broad SMARTS) is 1. The number of morpholine rings is 1. The van der Waals surface area contributed by atoms with Crippen LogP contribution in [0.3, 0.4) is 0 Å². The van der Waals surface area contributed by atoms with Crippen LogP contribution in [-0.4, -0.2) is 189 Å². The van der Waals surface area contributed by atoms with E-state index in [0.717, 1.165) is 23.2 Å². The number of carboxylic acids is 1. The molecule has 0 saturated carbocycles. The molecule has 623 valence electrons. The number of aromatic nitrogens is 1. The first-order valence-electron chi connectivity index (χ1n) is 38.2. The number of carbonyl (C=O) groups excluding carboxylic acids is 6. The Hall–Kier alpha value is -6.28. The van der Waals surface area contributed by atoms with Crippen molar-refractivity contribution in [2.75, 3.05) is 52.6 Å². The van der Waals surface area contributed by atoms with Gasteiger partial charge in [-0.2, -0.15) is 4.31 Å². The van der Waals surface area contributed by atoms with Crippen LogP contribution in [0.15, 0.2) is 120 Å². The Labute approximate surface area is 695 Å². The van der Waals surface area contributed by atoms with Gasteiger partial charge in [0.25, 0.3) is 0 Å². The van der Waals surface area contributed by atoms with E-state index >= 15 is 0 Å². The van der Waals surface area contributed by atoms with Crippen LogP contribution in [-0.2, 0) is 101 Å². The van der Waals surface area contributed by atoms with Gasteiger partial charge in [-0.25, -0.2) is 17.6 Å². The molecule has 113 heavy (non-hydrogen) atoms. The number of halogens is 1. The monoisotopic (exact) mass is 1610 g/mol. The third-order valence-electron chi connectivity index (χ3n) is 17.6. The van der Waals surface area contributed by atoms with Gasteiger partial charge in [0.05, 0.1) is 92.8 Å². The van der Waals surface area contributed by atoms with Crippen LogP contribution in [0.5, 0.6) is 0 Å². The third kappa shape index (κ3) is 36.8. The second-order valence-corrected chi connectivity index (χ2v) is 34.1. The zero-order valence-electron chi connectivity index (χ0n) is 69.0. The van der Waals surface area contributed by atoms with Crippen molar-refractivity contribution in [1.29, 1.82) is 0 Å². The Bertz CT molecular complexity index is 3780. The van der Waals surface area contributed by atoms with Gasteiger partial charge in [-0.15, -0.1) is 0 Å². The summed E-state index contributed by atoms with van der Waals surface area (Å²) < 4.78 is 96.9. The number of nitrogens with one attached hydrogen (secondary N) is 1. The predicted molar refractivity (Wildman–Crippen MR) is 427 cm³/mol. The van der Waals surface area contributed by atoms with E-state index in [0.29, 0.717) is 68.0 Å². The van der Waals surface area contributed by atoms with Crippen LogP contribution >= 0.6 is 0 Å². The minimum atomic E-state index is -4.07. The SMILES string of the molecule is C.CC(C)(C)OC(=O)C[C@H]1C[C@@H](CCN)OC(C)(C)CO1.CC(C)C(=O)C(=O)OCc1ccccc1.CC(C)C(NCC[C@@H]1C[C@H](CC(=O)OC(C)(C)C)OCC(C)(C)O1)C(=O)OCc1ccccc1.CC(C)c1c(-c2ccccc2)c(S(=O)(=O)N2CCOCC2)c(-c2ccc(F)cc2)n1CC[C@@H](O)C[C@@H](O)CC(=O)[O-].[B].[Na+]. The Morgan fingerprint density at radius 2 is 1.14 bits per heavy atom. The van der Waals surface area contributed by atoms with E-state index in [1.165, 1.54) is 16.4 Å². The van der Waals surface area contributed by atoms with Crippen LogP contribution in [0, 0.1) is 17.7 Å². The van der Waals surface area contributed by atoms with Gasteiger partial charge in [0, 0.05) is 70.5 Å². The van der Waals surface area contributed by atoms with Gasteiger partial charge < -0.3 is 78.4 Å². The number of esters is 4.